The molecule has 2 aromatic rings. The van der Waals surface area contributed by atoms with E-state index in [9.17, 15) is 4.39 Å². The van der Waals surface area contributed by atoms with E-state index in [-0.39, 0.29) is 5.82 Å². The molecule has 0 atom stereocenters. The van der Waals surface area contributed by atoms with Crippen LogP contribution >= 0.6 is 0 Å². The van der Waals surface area contributed by atoms with Gasteiger partial charge in [0.15, 0.2) is 5.88 Å². The van der Waals surface area contributed by atoms with Crippen LogP contribution in [-0.4, -0.2) is 19.3 Å². The Hall–Kier alpha value is -2.10. The first-order chi connectivity index (χ1) is 9.33. The third-order valence-electron chi connectivity index (χ3n) is 3.21. The molecular weight excluding hydrogens is 243 g/mol. The Bertz CT molecular complexity index is 585. The van der Waals surface area contributed by atoms with Crippen molar-refractivity contribution in [2.24, 2.45) is 4.99 Å². The Kier molecular flexibility index (Phi) is 3.31. The fraction of sp³-hybridized carbons (Fsp3) is 0.267. The molecule has 1 saturated heterocycles. The molecule has 4 heteroatoms. The molecule has 1 aliphatic rings. The Morgan fingerprint density at radius 2 is 1.89 bits per heavy atom. The first-order valence-corrected chi connectivity index (χ1v) is 6.46. The minimum absolute atomic E-state index is 0.321. The lowest BCUT2D eigenvalue weighted by Crippen LogP contribution is -2.16. The van der Waals surface area contributed by atoms with Gasteiger partial charge in [0.1, 0.15) is 11.6 Å². The normalized spacial score (nSPS) is 15.5. The highest BCUT2D eigenvalue weighted by Crippen LogP contribution is 2.23. The molecule has 0 amide bonds. The second-order valence-corrected chi connectivity index (χ2v) is 4.58. The smallest absolute Gasteiger partial charge is 0.196 e. The van der Waals surface area contributed by atoms with Gasteiger partial charge in [-0.05, 0) is 31.0 Å². The van der Waals surface area contributed by atoms with Crippen LogP contribution in [0.4, 0.5) is 16.0 Å². The van der Waals surface area contributed by atoms with Crippen molar-refractivity contribution in [2.45, 2.75) is 12.8 Å². The summed E-state index contributed by atoms with van der Waals surface area (Å²) in [7, 11) is 0. The van der Waals surface area contributed by atoms with Gasteiger partial charge in [-0.25, -0.2) is 9.38 Å². The lowest BCUT2D eigenvalue weighted by atomic mass is 10.3. The van der Waals surface area contributed by atoms with E-state index < -0.39 is 0 Å². The van der Waals surface area contributed by atoms with Crippen molar-refractivity contribution in [1.29, 1.82) is 0 Å². The second kappa shape index (κ2) is 5.26. The lowest BCUT2D eigenvalue weighted by molar-refractivity contribution is 0.550. The monoisotopic (exact) mass is 258 g/mol. The highest BCUT2D eigenvalue weighted by Gasteiger charge is 2.15. The molecule has 0 aliphatic carbocycles. The minimum atomic E-state index is -0.329. The fourth-order valence-corrected chi connectivity index (χ4v) is 2.21. The molecule has 0 bridgehead atoms. The largest absolute Gasteiger partial charge is 0.440 e. The molecule has 1 fully saturated rings. The van der Waals surface area contributed by atoms with Gasteiger partial charge in [-0.3, -0.25) is 0 Å². The van der Waals surface area contributed by atoms with Crippen molar-refractivity contribution in [3.05, 3.63) is 48.0 Å². The molecule has 1 aromatic heterocycles. The Balaban J connectivity index is 1.75. The van der Waals surface area contributed by atoms with E-state index in [1.54, 1.807) is 24.4 Å². The van der Waals surface area contributed by atoms with Crippen molar-refractivity contribution >= 4 is 17.8 Å². The summed E-state index contributed by atoms with van der Waals surface area (Å²) in [5, 5.41) is 0. The van der Waals surface area contributed by atoms with Crippen molar-refractivity contribution in [3.8, 4) is 0 Å². The maximum atomic E-state index is 13.4. The maximum absolute atomic E-state index is 13.4. The van der Waals surface area contributed by atoms with Crippen LogP contribution in [0.1, 0.15) is 18.6 Å². The van der Waals surface area contributed by atoms with Crippen molar-refractivity contribution < 1.29 is 8.81 Å². The zero-order chi connectivity index (χ0) is 13.1. The van der Waals surface area contributed by atoms with Gasteiger partial charge in [0.05, 0.1) is 11.9 Å². The number of halogens is 1. The van der Waals surface area contributed by atoms with Crippen LogP contribution in [0.25, 0.3) is 0 Å². The van der Waals surface area contributed by atoms with E-state index in [0.29, 0.717) is 11.4 Å². The van der Waals surface area contributed by atoms with Gasteiger partial charge in [0.25, 0.3) is 0 Å². The summed E-state index contributed by atoms with van der Waals surface area (Å²) in [5.41, 5.74) is 0.321. The van der Waals surface area contributed by atoms with Crippen LogP contribution in [-0.2, 0) is 0 Å². The van der Waals surface area contributed by atoms with Crippen LogP contribution in [0.2, 0.25) is 0 Å². The predicted molar refractivity (Wildman–Crippen MR) is 73.8 cm³/mol. The average molecular weight is 258 g/mol. The number of rotatable bonds is 3. The fourth-order valence-electron chi connectivity index (χ4n) is 2.21. The van der Waals surface area contributed by atoms with E-state index in [4.69, 9.17) is 4.42 Å². The van der Waals surface area contributed by atoms with Gasteiger partial charge in [-0.15, -0.1) is 0 Å². The number of hydrogen-bond acceptors (Lipinski definition) is 3. The first-order valence-electron chi connectivity index (χ1n) is 6.46. The van der Waals surface area contributed by atoms with E-state index >= 15 is 0 Å². The van der Waals surface area contributed by atoms with Crippen molar-refractivity contribution in [2.75, 3.05) is 18.0 Å². The van der Waals surface area contributed by atoms with Gasteiger partial charge >= 0.3 is 0 Å². The molecule has 0 radical (unpaired) electrons. The highest BCUT2D eigenvalue weighted by atomic mass is 19.1. The lowest BCUT2D eigenvalue weighted by Gasteiger charge is -2.12. The number of nitrogens with zero attached hydrogens (tertiary/aromatic N) is 2. The Morgan fingerprint density at radius 3 is 2.68 bits per heavy atom. The summed E-state index contributed by atoms with van der Waals surface area (Å²) in [6, 6.07) is 10.2. The number of aliphatic imine (C=N–C) groups is 1. The molecule has 0 N–H and O–H groups in total. The van der Waals surface area contributed by atoms with Crippen LogP contribution in [0.5, 0.6) is 0 Å². The maximum Gasteiger partial charge on any atom is 0.196 e. The van der Waals surface area contributed by atoms with Crippen LogP contribution in [0, 0.1) is 5.82 Å². The highest BCUT2D eigenvalue weighted by molar-refractivity contribution is 5.79. The molecule has 0 unspecified atom stereocenters. The van der Waals surface area contributed by atoms with E-state index in [2.05, 4.69) is 9.89 Å². The Morgan fingerprint density at radius 1 is 1.11 bits per heavy atom. The third kappa shape index (κ3) is 2.67. The number of benzene rings is 1. The SMILES string of the molecule is Fc1ccccc1N=Cc1ccc(N2CCCC2)o1. The summed E-state index contributed by atoms with van der Waals surface area (Å²) < 4.78 is 19.1. The van der Waals surface area contributed by atoms with Gasteiger partial charge in [0, 0.05) is 19.2 Å². The zero-order valence-corrected chi connectivity index (χ0v) is 10.6. The molecule has 1 aliphatic heterocycles. The molecule has 1 aromatic carbocycles. The summed E-state index contributed by atoms with van der Waals surface area (Å²) in [6.45, 7) is 2.08. The minimum Gasteiger partial charge on any atom is -0.440 e. The molecule has 3 rings (SSSR count). The molecule has 0 saturated carbocycles. The topological polar surface area (TPSA) is 28.7 Å². The van der Waals surface area contributed by atoms with E-state index in [0.717, 1.165) is 19.0 Å². The first kappa shape index (κ1) is 12.0. The van der Waals surface area contributed by atoms with Crippen LogP contribution in [0.15, 0.2) is 45.8 Å². The summed E-state index contributed by atoms with van der Waals surface area (Å²) in [6.07, 6.45) is 3.97. The number of para-hydroxylation sites is 1. The number of furan rings is 1. The number of hydrogen-bond donors (Lipinski definition) is 0. The summed E-state index contributed by atoms with van der Waals surface area (Å²) in [4.78, 5) is 6.31. The van der Waals surface area contributed by atoms with Gasteiger partial charge in [0.2, 0.25) is 0 Å². The molecule has 0 spiro atoms. The third-order valence-corrected chi connectivity index (χ3v) is 3.21. The van der Waals surface area contributed by atoms with E-state index in [1.165, 1.54) is 18.9 Å². The number of anilines is 1. The molecule has 19 heavy (non-hydrogen) atoms. The van der Waals surface area contributed by atoms with Crippen molar-refractivity contribution in [1.82, 2.24) is 0 Å². The van der Waals surface area contributed by atoms with Crippen LogP contribution < -0.4 is 4.90 Å². The van der Waals surface area contributed by atoms with Crippen LogP contribution in [0.3, 0.4) is 0 Å². The summed E-state index contributed by atoms with van der Waals surface area (Å²) in [5.74, 6) is 1.18. The van der Waals surface area contributed by atoms with Gasteiger partial charge in [-0.1, -0.05) is 12.1 Å². The molecular formula is C15H15FN2O. The summed E-state index contributed by atoms with van der Waals surface area (Å²) >= 11 is 0. The molecule has 2 heterocycles. The molecule has 98 valence electrons. The Labute approximate surface area is 111 Å². The van der Waals surface area contributed by atoms with Crippen molar-refractivity contribution in [3.63, 3.8) is 0 Å². The van der Waals surface area contributed by atoms with Gasteiger partial charge in [-0.2, -0.15) is 0 Å². The standard InChI is InChI=1S/C15H15FN2O/c16-13-5-1-2-6-14(13)17-11-12-7-8-15(19-12)18-9-3-4-10-18/h1-2,5-8,11H,3-4,9-10H2. The van der Waals surface area contributed by atoms with E-state index in [1.807, 2.05) is 12.1 Å². The zero-order valence-electron chi connectivity index (χ0n) is 10.6. The second-order valence-electron chi connectivity index (χ2n) is 4.58. The van der Waals surface area contributed by atoms with Gasteiger partial charge < -0.3 is 9.32 Å². The average Bonchev–Trinajstić information content (AvgIpc) is 3.09. The molecule has 3 nitrogen and oxygen atoms in total. The quantitative estimate of drug-likeness (QED) is 0.784. The predicted octanol–water partition coefficient (Wildman–Crippen LogP) is 3.77.